The number of hydrogen-bond donors (Lipinski definition) is 1. The van der Waals surface area contributed by atoms with Crippen molar-refractivity contribution in [3.05, 3.63) is 35.5 Å². The van der Waals surface area contributed by atoms with Crippen molar-refractivity contribution in [1.29, 1.82) is 0 Å². The van der Waals surface area contributed by atoms with E-state index in [0.717, 1.165) is 36.5 Å². The minimum absolute atomic E-state index is 0.116. The van der Waals surface area contributed by atoms with E-state index in [1.165, 1.54) is 37.7 Å². The Morgan fingerprint density at radius 2 is 1.69 bits per heavy atom. The predicted octanol–water partition coefficient (Wildman–Crippen LogP) is 7.33. The van der Waals surface area contributed by atoms with E-state index in [-0.39, 0.29) is 6.10 Å². The van der Waals surface area contributed by atoms with Gasteiger partial charge in [-0.25, -0.2) is 0 Å². The summed E-state index contributed by atoms with van der Waals surface area (Å²) in [4.78, 5) is 0. The van der Waals surface area contributed by atoms with E-state index in [4.69, 9.17) is 0 Å². The van der Waals surface area contributed by atoms with Crippen LogP contribution < -0.4 is 0 Å². The van der Waals surface area contributed by atoms with E-state index < -0.39 is 0 Å². The molecule has 3 saturated carbocycles. The van der Waals surface area contributed by atoms with Crippen molar-refractivity contribution >= 4 is 0 Å². The van der Waals surface area contributed by atoms with Crippen LogP contribution in [0.15, 0.2) is 35.5 Å². The molecule has 0 amide bonds. The zero-order valence-electron chi connectivity index (χ0n) is 19.7. The molecule has 8 atom stereocenters. The Morgan fingerprint density at radius 1 is 0.931 bits per heavy atom. The highest BCUT2D eigenvalue weighted by Crippen LogP contribution is 2.65. The van der Waals surface area contributed by atoms with Gasteiger partial charge in [-0.1, -0.05) is 77.0 Å². The van der Waals surface area contributed by atoms with Crippen LogP contribution in [-0.4, -0.2) is 11.2 Å². The lowest BCUT2D eigenvalue weighted by Crippen LogP contribution is -2.46. The first-order valence-corrected chi connectivity index (χ1v) is 12.4. The molecule has 0 saturated heterocycles. The molecule has 29 heavy (non-hydrogen) atoms. The molecule has 0 heterocycles. The largest absolute Gasteiger partial charge is 0.393 e. The average molecular weight is 397 g/mol. The number of aliphatic hydroxyl groups excluding tert-OH is 1. The summed E-state index contributed by atoms with van der Waals surface area (Å²) in [5, 5.41) is 10.2. The molecule has 1 N–H and O–H groups in total. The van der Waals surface area contributed by atoms with Gasteiger partial charge in [0.15, 0.2) is 0 Å². The van der Waals surface area contributed by atoms with Gasteiger partial charge < -0.3 is 5.11 Å². The summed E-state index contributed by atoms with van der Waals surface area (Å²) in [7, 11) is 0. The molecule has 4 aliphatic rings. The maximum Gasteiger partial charge on any atom is 0.0578 e. The first-order valence-electron chi connectivity index (χ1n) is 12.4. The molecule has 0 aliphatic heterocycles. The van der Waals surface area contributed by atoms with Crippen molar-refractivity contribution < 1.29 is 5.11 Å². The molecule has 0 radical (unpaired) electrons. The standard InChI is InChI=1S/C28H44O/c1-18(2)19(3)7-8-20(4)24-11-12-25-23-10-9-21-17-22(29)13-15-27(21,5)26(23)14-16-28(24,25)6/h7-10,18-20,22,24-26,29H,11-17H2,1-6H3/b8-7+/t19?,20?,22-,24+,25?,26?,27+,28+/m0/s1. The number of allylic oxidation sites excluding steroid dienone is 5. The first kappa shape index (κ1) is 21.4. The Hall–Kier alpha value is -0.820. The minimum atomic E-state index is -0.116. The molecular formula is C28H44O. The van der Waals surface area contributed by atoms with Crippen molar-refractivity contribution in [3.63, 3.8) is 0 Å². The van der Waals surface area contributed by atoms with Gasteiger partial charge in [-0.05, 0) is 91.3 Å². The molecule has 1 heteroatoms. The summed E-state index contributed by atoms with van der Waals surface area (Å²) in [5.74, 6) is 4.38. The van der Waals surface area contributed by atoms with E-state index in [1.54, 1.807) is 5.57 Å². The Balaban J connectivity index is 1.57. The van der Waals surface area contributed by atoms with Crippen LogP contribution in [0.2, 0.25) is 0 Å². The normalized spacial score (nSPS) is 44.0. The highest BCUT2D eigenvalue weighted by atomic mass is 16.3. The molecule has 0 aromatic carbocycles. The molecule has 1 nitrogen and oxygen atoms in total. The fourth-order valence-electron chi connectivity index (χ4n) is 7.59. The van der Waals surface area contributed by atoms with Gasteiger partial charge >= 0.3 is 0 Å². The molecule has 0 aromatic rings. The summed E-state index contributed by atoms with van der Waals surface area (Å²) in [5.41, 5.74) is 4.07. The van der Waals surface area contributed by atoms with Gasteiger partial charge in [0.25, 0.3) is 0 Å². The summed E-state index contributed by atoms with van der Waals surface area (Å²) >= 11 is 0. The van der Waals surface area contributed by atoms with E-state index in [2.05, 4.69) is 65.8 Å². The number of aliphatic hydroxyl groups is 1. The second-order valence-electron chi connectivity index (χ2n) is 11.9. The zero-order chi connectivity index (χ0) is 21.0. The Labute approximate surface area is 179 Å². The van der Waals surface area contributed by atoms with Crippen LogP contribution in [0.3, 0.4) is 0 Å². The van der Waals surface area contributed by atoms with Crippen molar-refractivity contribution in [1.82, 2.24) is 0 Å². The topological polar surface area (TPSA) is 20.2 Å². The molecule has 0 aromatic heterocycles. The predicted molar refractivity (Wildman–Crippen MR) is 123 cm³/mol. The molecule has 0 bridgehead atoms. The van der Waals surface area contributed by atoms with E-state index in [1.807, 2.05) is 0 Å². The minimum Gasteiger partial charge on any atom is -0.393 e. The Morgan fingerprint density at radius 3 is 2.41 bits per heavy atom. The SMILES string of the molecule is CC(C)C(C)/C=C/C(C)[C@H]1CCC2C3=CC=C4C[C@@H](O)CC[C@@]4(C)C3CC[C@@]21C. The summed E-state index contributed by atoms with van der Waals surface area (Å²) < 4.78 is 0. The number of rotatable bonds is 4. The zero-order valence-corrected chi connectivity index (χ0v) is 19.7. The van der Waals surface area contributed by atoms with Gasteiger partial charge in [-0.3, -0.25) is 0 Å². The second-order valence-corrected chi connectivity index (χ2v) is 11.9. The fraction of sp³-hybridized carbons (Fsp3) is 0.786. The van der Waals surface area contributed by atoms with Crippen LogP contribution in [0, 0.1) is 46.3 Å². The van der Waals surface area contributed by atoms with Crippen molar-refractivity contribution in [2.45, 2.75) is 92.6 Å². The Bertz CT molecular complexity index is 712. The molecule has 3 fully saturated rings. The van der Waals surface area contributed by atoms with Gasteiger partial charge in [-0.15, -0.1) is 0 Å². The summed E-state index contributed by atoms with van der Waals surface area (Å²) in [6.45, 7) is 14.6. The lowest BCUT2D eigenvalue weighted by atomic mass is 9.50. The monoisotopic (exact) mass is 396 g/mol. The second kappa shape index (κ2) is 7.70. The molecular weight excluding hydrogens is 352 g/mol. The average Bonchev–Trinajstić information content (AvgIpc) is 3.03. The molecule has 4 unspecified atom stereocenters. The summed E-state index contributed by atoms with van der Waals surface area (Å²) in [6.07, 6.45) is 18.4. The van der Waals surface area contributed by atoms with E-state index in [9.17, 15) is 5.11 Å². The third-order valence-corrected chi connectivity index (χ3v) is 10.0. The van der Waals surface area contributed by atoms with Crippen LogP contribution in [0.5, 0.6) is 0 Å². The first-order chi connectivity index (χ1) is 13.7. The highest BCUT2D eigenvalue weighted by Gasteiger charge is 2.56. The van der Waals surface area contributed by atoms with Crippen LogP contribution in [0.4, 0.5) is 0 Å². The molecule has 4 aliphatic carbocycles. The van der Waals surface area contributed by atoms with Gasteiger partial charge in [0.05, 0.1) is 6.10 Å². The van der Waals surface area contributed by atoms with Crippen LogP contribution in [0.25, 0.3) is 0 Å². The van der Waals surface area contributed by atoms with Crippen LogP contribution >= 0.6 is 0 Å². The molecule has 4 rings (SSSR count). The van der Waals surface area contributed by atoms with Gasteiger partial charge in [0.2, 0.25) is 0 Å². The van der Waals surface area contributed by atoms with Gasteiger partial charge in [-0.2, -0.15) is 0 Å². The number of fused-ring (bicyclic) bond motifs is 5. The third-order valence-electron chi connectivity index (χ3n) is 10.0. The van der Waals surface area contributed by atoms with E-state index in [0.29, 0.717) is 22.7 Å². The van der Waals surface area contributed by atoms with Crippen LogP contribution in [-0.2, 0) is 0 Å². The lowest BCUT2D eigenvalue weighted by Gasteiger charge is -2.55. The van der Waals surface area contributed by atoms with Crippen molar-refractivity contribution in [2.24, 2.45) is 46.3 Å². The third kappa shape index (κ3) is 3.50. The molecule has 162 valence electrons. The lowest BCUT2D eigenvalue weighted by molar-refractivity contribution is 0.0382. The Kier molecular flexibility index (Phi) is 5.69. The van der Waals surface area contributed by atoms with Gasteiger partial charge in [0.1, 0.15) is 0 Å². The van der Waals surface area contributed by atoms with E-state index >= 15 is 0 Å². The highest BCUT2D eigenvalue weighted by molar-refractivity contribution is 5.39. The van der Waals surface area contributed by atoms with Crippen LogP contribution in [0.1, 0.15) is 86.5 Å². The van der Waals surface area contributed by atoms with Gasteiger partial charge in [0, 0.05) is 0 Å². The maximum atomic E-state index is 10.2. The van der Waals surface area contributed by atoms with Crippen molar-refractivity contribution in [2.75, 3.05) is 0 Å². The summed E-state index contributed by atoms with van der Waals surface area (Å²) in [6, 6.07) is 0. The smallest absolute Gasteiger partial charge is 0.0578 e. The van der Waals surface area contributed by atoms with Crippen molar-refractivity contribution in [3.8, 4) is 0 Å². The maximum absolute atomic E-state index is 10.2. The number of hydrogen-bond acceptors (Lipinski definition) is 1. The molecule has 0 spiro atoms. The fourth-order valence-corrected chi connectivity index (χ4v) is 7.59. The quantitative estimate of drug-likeness (QED) is 0.493.